The van der Waals surface area contributed by atoms with E-state index < -0.39 is 0 Å². The van der Waals surface area contributed by atoms with Crippen molar-refractivity contribution in [3.63, 3.8) is 0 Å². The van der Waals surface area contributed by atoms with Crippen molar-refractivity contribution in [2.24, 2.45) is 5.73 Å². The summed E-state index contributed by atoms with van der Waals surface area (Å²) in [7, 11) is 0. The van der Waals surface area contributed by atoms with Crippen LogP contribution in [0.1, 0.15) is 17.5 Å². The molecule has 86 valence electrons. The van der Waals surface area contributed by atoms with Gasteiger partial charge in [-0.15, -0.1) is 0 Å². The quantitative estimate of drug-likeness (QED) is 0.744. The second-order valence-corrected chi connectivity index (χ2v) is 4.42. The lowest BCUT2D eigenvalue weighted by molar-refractivity contribution is -0.117. The molecule has 1 atom stereocenters. The van der Waals surface area contributed by atoms with Crippen LogP contribution in [0.4, 0.5) is 5.69 Å². The van der Waals surface area contributed by atoms with Crippen LogP contribution in [-0.4, -0.2) is 23.6 Å². The summed E-state index contributed by atoms with van der Waals surface area (Å²) in [5.41, 5.74) is 8.12. The Morgan fingerprint density at radius 2 is 2.12 bits per heavy atom. The van der Waals surface area contributed by atoms with Gasteiger partial charge in [-0.05, 0) is 31.0 Å². The number of benzene rings is 1. The van der Waals surface area contributed by atoms with Crippen molar-refractivity contribution in [1.29, 1.82) is 0 Å². The lowest BCUT2D eigenvalue weighted by atomic mass is 10.1. The first kappa shape index (κ1) is 11.0. The number of nitrogens with two attached hydrogens (primary N) is 1. The van der Waals surface area contributed by atoms with Gasteiger partial charge in [-0.1, -0.05) is 6.07 Å². The Kier molecular flexibility index (Phi) is 2.59. The zero-order chi connectivity index (χ0) is 11.9. The van der Waals surface area contributed by atoms with Gasteiger partial charge in [0.15, 0.2) is 0 Å². The number of anilines is 1. The summed E-state index contributed by atoms with van der Waals surface area (Å²) in [5, 5.41) is 9.95. The lowest BCUT2D eigenvalue weighted by Crippen LogP contribution is -2.28. The summed E-state index contributed by atoms with van der Waals surface area (Å²) in [5.74, 6) is 0.154. The van der Waals surface area contributed by atoms with Crippen molar-refractivity contribution in [2.45, 2.75) is 26.3 Å². The number of phenols is 1. The molecule has 0 saturated carbocycles. The number of aryl methyl sites for hydroxylation is 2. The van der Waals surface area contributed by atoms with Crippen LogP contribution in [0.2, 0.25) is 0 Å². The third-order valence-electron chi connectivity index (χ3n) is 2.87. The molecule has 4 heteroatoms. The summed E-state index contributed by atoms with van der Waals surface area (Å²) >= 11 is 0. The molecule has 2 rings (SSSR count). The second kappa shape index (κ2) is 3.79. The molecule has 1 amide bonds. The molecule has 1 aliphatic rings. The summed E-state index contributed by atoms with van der Waals surface area (Å²) < 4.78 is 0. The van der Waals surface area contributed by atoms with Gasteiger partial charge in [0, 0.05) is 19.0 Å². The molecular formula is C12H16N2O2. The van der Waals surface area contributed by atoms with E-state index in [1.807, 2.05) is 26.0 Å². The van der Waals surface area contributed by atoms with E-state index in [9.17, 15) is 9.90 Å². The van der Waals surface area contributed by atoms with Gasteiger partial charge in [-0.3, -0.25) is 4.79 Å². The Morgan fingerprint density at radius 1 is 1.44 bits per heavy atom. The Bertz CT molecular complexity index is 443. The van der Waals surface area contributed by atoms with Crippen LogP contribution in [0.25, 0.3) is 0 Å². The molecule has 1 unspecified atom stereocenters. The molecule has 16 heavy (non-hydrogen) atoms. The number of hydrogen-bond acceptors (Lipinski definition) is 3. The standard InChI is InChI=1S/C12H16N2O2/c1-7-3-8(2)12(16)10(4-7)14-6-9(13)5-11(14)15/h3-4,9,16H,5-6,13H2,1-2H3. The molecule has 0 bridgehead atoms. The Balaban J connectivity index is 2.44. The number of rotatable bonds is 1. The molecule has 4 nitrogen and oxygen atoms in total. The maximum atomic E-state index is 11.7. The minimum atomic E-state index is -0.132. The summed E-state index contributed by atoms with van der Waals surface area (Å²) in [6, 6.07) is 3.57. The van der Waals surface area contributed by atoms with Crippen molar-refractivity contribution < 1.29 is 9.90 Å². The Morgan fingerprint density at radius 3 is 2.69 bits per heavy atom. The average molecular weight is 220 g/mol. The number of carbonyl (C=O) groups excluding carboxylic acids is 1. The van der Waals surface area contributed by atoms with Crippen molar-refractivity contribution >= 4 is 11.6 Å². The van der Waals surface area contributed by atoms with Crippen molar-refractivity contribution in [1.82, 2.24) is 0 Å². The highest BCUT2D eigenvalue weighted by Gasteiger charge is 2.30. The van der Waals surface area contributed by atoms with Crippen LogP contribution >= 0.6 is 0 Å². The van der Waals surface area contributed by atoms with E-state index in [0.717, 1.165) is 11.1 Å². The molecule has 0 aromatic heterocycles. The summed E-state index contributed by atoms with van der Waals surface area (Å²) in [6.45, 7) is 4.25. The van der Waals surface area contributed by atoms with E-state index in [-0.39, 0.29) is 17.7 Å². The van der Waals surface area contributed by atoms with Crippen LogP contribution in [0, 0.1) is 13.8 Å². The van der Waals surface area contributed by atoms with E-state index in [4.69, 9.17) is 5.73 Å². The first-order valence-electron chi connectivity index (χ1n) is 5.35. The molecule has 1 saturated heterocycles. The zero-order valence-electron chi connectivity index (χ0n) is 9.53. The average Bonchev–Trinajstić information content (AvgIpc) is 2.51. The number of nitrogens with zero attached hydrogens (tertiary/aromatic N) is 1. The number of carbonyl (C=O) groups is 1. The van der Waals surface area contributed by atoms with Gasteiger partial charge in [-0.25, -0.2) is 0 Å². The number of hydrogen-bond donors (Lipinski definition) is 2. The van der Waals surface area contributed by atoms with Crippen LogP contribution < -0.4 is 10.6 Å². The van der Waals surface area contributed by atoms with E-state index >= 15 is 0 Å². The predicted octanol–water partition coefficient (Wildman–Crippen LogP) is 1.07. The van der Waals surface area contributed by atoms with Crippen molar-refractivity contribution in [2.75, 3.05) is 11.4 Å². The van der Waals surface area contributed by atoms with Gasteiger partial charge in [-0.2, -0.15) is 0 Å². The minimum absolute atomic E-state index is 0.0206. The normalized spacial score (nSPS) is 20.6. The van der Waals surface area contributed by atoms with Crippen molar-refractivity contribution in [3.8, 4) is 5.75 Å². The molecule has 1 aromatic carbocycles. The molecule has 1 aromatic rings. The highest BCUT2D eigenvalue weighted by atomic mass is 16.3. The third kappa shape index (κ3) is 1.76. The first-order chi connectivity index (χ1) is 7.49. The van der Waals surface area contributed by atoms with Crippen LogP contribution in [0.5, 0.6) is 5.75 Å². The molecule has 1 aliphatic heterocycles. The predicted molar refractivity (Wildman–Crippen MR) is 62.5 cm³/mol. The van der Waals surface area contributed by atoms with Gasteiger partial charge < -0.3 is 15.7 Å². The van der Waals surface area contributed by atoms with Gasteiger partial charge in [0.05, 0.1) is 5.69 Å². The van der Waals surface area contributed by atoms with E-state index in [1.54, 1.807) is 4.90 Å². The monoisotopic (exact) mass is 220 g/mol. The summed E-state index contributed by atoms with van der Waals surface area (Å²) in [4.78, 5) is 13.3. The van der Waals surface area contributed by atoms with Crippen LogP contribution in [0.3, 0.4) is 0 Å². The van der Waals surface area contributed by atoms with Gasteiger partial charge >= 0.3 is 0 Å². The maximum Gasteiger partial charge on any atom is 0.228 e. The van der Waals surface area contributed by atoms with Gasteiger partial charge in [0.25, 0.3) is 0 Å². The lowest BCUT2D eigenvalue weighted by Gasteiger charge is -2.19. The molecule has 0 spiro atoms. The second-order valence-electron chi connectivity index (χ2n) is 4.42. The minimum Gasteiger partial charge on any atom is -0.505 e. The molecule has 3 N–H and O–H groups in total. The fraction of sp³-hybridized carbons (Fsp3) is 0.417. The number of amides is 1. The Hall–Kier alpha value is -1.55. The fourth-order valence-electron chi connectivity index (χ4n) is 2.11. The fourth-order valence-corrected chi connectivity index (χ4v) is 2.11. The first-order valence-corrected chi connectivity index (χ1v) is 5.35. The molecular weight excluding hydrogens is 204 g/mol. The highest BCUT2D eigenvalue weighted by molar-refractivity contribution is 5.97. The highest BCUT2D eigenvalue weighted by Crippen LogP contribution is 2.34. The van der Waals surface area contributed by atoms with E-state index in [0.29, 0.717) is 18.7 Å². The number of aromatic hydroxyl groups is 1. The van der Waals surface area contributed by atoms with Crippen LogP contribution in [0.15, 0.2) is 12.1 Å². The largest absolute Gasteiger partial charge is 0.505 e. The SMILES string of the molecule is Cc1cc(C)c(O)c(N2CC(N)CC2=O)c1. The Labute approximate surface area is 94.7 Å². The summed E-state index contributed by atoms with van der Waals surface area (Å²) in [6.07, 6.45) is 0.354. The van der Waals surface area contributed by atoms with Gasteiger partial charge in [0.1, 0.15) is 5.75 Å². The molecule has 1 fully saturated rings. The topological polar surface area (TPSA) is 66.6 Å². The third-order valence-corrected chi connectivity index (χ3v) is 2.87. The molecule has 1 heterocycles. The molecule has 0 aliphatic carbocycles. The van der Waals surface area contributed by atoms with Crippen molar-refractivity contribution in [3.05, 3.63) is 23.3 Å². The smallest absolute Gasteiger partial charge is 0.228 e. The zero-order valence-corrected chi connectivity index (χ0v) is 9.53. The van der Waals surface area contributed by atoms with Gasteiger partial charge in [0.2, 0.25) is 5.91 Å². The number of phenolic OH excluding ortho intramolecular Hbond substituents is 1. The molecule has 0 radical (unpaired) electrons. The van der Waals surface area contributed by atoms with E-state index in [1.165, 1.54) is 0 Å². The van der Waals surface area contributed by atoms with Crippen LogP contribution in [-0.2, 0) is 4.79 Å². The van der Waals surface area contributed by atoms with E-state index in [2.05, 4.69) is 0 Å². The maximum absolute atomic E-state index is 11.7.